The van der Waals surface area contributed by atoms with Crippen LogP contribution in [0.15, 0.2) is 46.9 Å². The van der Waals surface area contributed by atoms with Crippen LogP contribution in [-0.4, -0.2) is 12.5 Å². The Bertz CT molecular complexity index is 714. The van der Waals surface area contributed by atoms with Crippen molar-refractivity contribution in [2.75, 3.05) is 6.54 Å². The zero-order valence-electron chi connectivity index (χ0n) is 13.7. The summed E-state index contributed by atoms with van der Waals surface area (Å²) in [5.74, 6) is 0.176. The molecule has 0 bridgehead atoms. The van der Waals surface area contributed by atoms with Gasteiger partial charge in [0.15, 0.2) is 0 Å². The summed E-state index contributed by atoms with van der Waals surface area (Å²) < 4.78 is 1.10. The summed E-state index contributed by atoms with van der Waals surface area (Å²) in [6.45, 7) is 4.86. The second-order valence-electron chi connectivity index (χ2n) is 6.56. The van der Waals surface area contributed by atoms with Gasteiger partial charge in [0.2, 0.25) is 5.91 Å². The van der Waals surface area contributed by atoms with Crippen molar-refractivity contribution in [3.8, 4) is 0 Å². The number of nitrogens with one attached hydrogen (secondary N) is 1. The molecule has 23 heavy (non-hydrogen) atoms. The van der Waals surface area contributed by atoms with Gasteiger partial charge in [-0.05, 0) is 50.3 Å². The van der Waals surface area contributed by atoms with Gasteiger partial charge in [-0.25, -0.2) is 0 Å². The van der Waals surface area contributed by atoms with E-state index in [1.807, 2.05) is 18.2 Å². The van der Waals surface area contributed by atoms with Crippen LogP contribution >= 0.6 is 15.9 Å². The maximum absolute atomic E-state index is 12.7. The molecule has 3 rings (SSSR count). The molecule has 1 fully saturated rings. The molecule has 1 N–H and O–H groups in total. The standard InChI is InChI=1S/C20H22BrNO/c1-14-11-15(2)13-17(12-14)20(8-9-20)19(23)22-10-7-16-5-3-4-6-18(16)21/h3-6,11-13H,7-10H2,1-2H3,(H,22,23). The van der Waals surface area contributed by atoms with E-state index < -0.39 is 0 Å². The van der Waals surface area contributed by atoms with Crippen LogP contribution in [0.3, 0.4) is 0 Å². The lowest BCUT2D eigenvalue weighted by Gasteiger charge is -2.17. The van der Waals surface area contributed by atoms with Gasteiger partial charge in [-0.3, -0.25) is 4.79 Å². The van der Waals surface area contributed by atoms with E-state index in [1.165, 1.54) is 22.3 Å². The van der Waals surface area contributed by atoms with E-state index in [4.69, 9.17) is 0 Å². The molecule has 3 heteroatoms. The molecule has 0 aliphatic heterocycles. The van der Waals surface area contributed by atoms with Crippen LogP contribution in [-0.2, 0) is 16.6 Å². The Balaban J connectivity index is 1.65. The van der Waals surface area contributed by atoms with Gasteiger partial charge >= 0.3 is 0 Å². The summed E-state index contributed by atoms with van der Waals surface area (Å²) in [5.41, 5.74) is 4.57. The highest BCUT2D eigenvalue weighted by atomic mass is 79.9. The molecular weight excluding hydrogens is 350 g/mol. The molecule has 0 aromatic heterocycles. The number of carbonyl (C=O) groups is 1. The number of halogens is 1. The first-order chi connectivity index (χ1) is 11.0. The minimum Gasteiger partial charge on any atom is -0.355 e. The molecule has 2 aromatic rings. The monoisotopic (exact) mass is 371 g/mol. The maximum Gasteiger partial charge on any atom is 0.230 e. The molecule has 0 heterocycles. The Morgan fingerprint density at radius 3 is 2.39 bits per heavy atom. The summed E-state index contributed by atoms with van der Waals surface area (Å²) in [5, 5.41) is 3.14. The fourth-order valence-corrected chi connectivity index (χ4v) is 3.69. The summed E-state index contributed by atoms with van der Waals surface area (Å²) in [4.78, 5) is 12.7. The number of benzene rings is 2. The fraction of sp³-hybridized carbons (Fsp3) is 0.350. The Morgan fingerprint density at radius 1 is 1.13 bits per heavy atom. The van der Waals surface area contributed by atoms with Crippen molar-refractivity contribution in [3.05, 3.63) is 69.2 Å². The van der Waals surface area contributed by atoms with E-state index in [0.29, 0.717) is 6.54 Å². The Hall–Kier alpha value is -1.61. The number of aryl methyl sites for hydroxylation is 2. The Labute approximate surface area is 146 Å². The van der Waals surface area contributed by atoms with E-state index in [2.05, 4.69) is 59.4 Å². The molecule has 1 aliphatic rings. The zero-order valence-corrected chi connectivity index (χ0v) is 15.2. The van der Waals surface area contributed by atoms with Gasteiger partial charge in [0.25, 0.3) is 0 Å². The highest BCUT2D eigenvalue weighted by Gasteiger charge is 2.51. The van der Waals surface area contributed by atoms with Gasteiger partial charge in [0.1, 0.15) is 0 Å². The van der Waals surface area contributed by atoms with Crippen LogP contribution in [0.5, 0.6) is 0 Å². The molecule has 1 amide bonds. The minimum atomic E-state index is -0.287. The number of carbonyl (C=O) groups excluding carboxylic acids is 1. The van der Waals surface area contributed by atoms with Crippen molar-refractivity contribution in [3.63, 3.8) is 0 Å². The predicted octanol–water partition coefficient (Wildman–Crippen LogP) is 4.46. The molecule has 1 aliphatic carbocycles. The first-order valence-corrected chi connectivity index (χ1v) is 8.91. The van der Waals surface area contributed by atoms with Gasteiger partial charge in [-0.15, -0.1) is 0 Å². The van der Waals surface area contributed by atoms with Crippen molar-refractivity contribution in [1.29, 1.82) is 0 Å². The van der Waals surface area contributed by atoms with E-state index in [-0.39, 0.29) is 11.3 Å². The van der Waals surface area contributed by atoms with Crippen LogP contribution in [0.25, 0.3) is 0 Å². The van der Waals surface area contributed by atoms with Crippen LogP contribution < -0.4 is 5.32 Å². The third kappa shape index (κ3) is 3.50. The summed E-state index contributed by atoms with van der Waals surface area (Å²) >= 11 is 3.56. The largest absolute Gasteiger partial charge is 0.355 e. The Morgan fingerprint density at radius 2 is 1.78 bits per heavy atom. The van der Waals surface area contributed by atoms with Crippen molar-refractivity contribution < 1.29 is 4.79 Å². The number of hydrogen-bond donors (Lipinski definition) is 1. The van der Waals surface area contributed by atoms with Crippen LogP contribution in [0.4, 0.5) is 0 Å². The second-order valence-corrected chi connectivity index (χ2v) is 7.41. The predicted molar refractivity (Wildman–Crippen MR) is 97.7 cm³/mol. The molecule has 120 valence electrons. The van der Waals surface area contributed by atoms with Crippen molar-refractivity contribution in [2.45, 2.75) is 38.5 Å². The Kier molecular flexibility index (Phi) is 4.58. The van der Waals surface area contributed by atoms with E-state index in [0.717, 1.165) is 23.7 Å². The average molecular weight is 372 g/mol. The van der Waals surface area contributed by atoms with Gasteiger partial charge in [-0.2, -0.15) is 0 Å². The molecule has 0 saturated heterocycles. The fourth-order valence-electron chi connectivity index (χ4n) is 3.20. The molecule has 0 atom stereocenters. The molecule has 0 unspecified atom stereocenters. The van der Waals surface area contributed by atoms with Crippen molar-refractivity contribution in [2.24, 2.45) is 0 Å². The third-order valence-electron chi connectivity index (χ3n) is 4.60. The number of amides is 1. The second kappa shape index (κ2) is 6.48. The molecule has 2 nitrogen and oxygen atoms in total. The number of hydrogen-bond acceptors (Lipinski definition) is 1. The van der Waals surface area contributed by atoms with E-state index in [1.54, 1.807) is 0 Å². The average Bonchev–Trinajstić information content (AvgIpc) is 3.30. The maximum atomic E-state index is 12.7. The van der Waals surface area contributed by atoms with E-state index >= 15 is 0 Å². The van der Waals surface area contributed by atoms with Crippen LogP contribution in [0, 0.1) is 13.8 Å². The van der Waals surface area contributed by atoms with Crippen LogP contribution in [0.1, 0.15) is 35.1 Å². The molecule has 0 radical (unpaired) electrons. The lowest BCUT2D eigenvalue weighted by molar-refractivity contribution is -0.123. The minimum absolute atomic E-state index is 0.176. The smallest absolute Gasteiger partial charge is 0.230 e. The molecule has 1 saturated carbocycles. The highest BCUT2D eigenvalue weighted by molar-refractivity contribution is 9.10. The van der Waals surface area contributed by atoms with Gasteiger partial charge in [-0.1, -0.05) is 63.5 Å². The van der Waals surface area contributed by atoms with Crippen molar-refractivity contribution >= 4 is 21.8 Å². The molecular formula is C20H22BrNO. The lowest BCUT2D eigenvalue weighted by Crippen LogP contribution is -2.36. The summed E-state index contributed by atoms with van der Waals surface area (Å²) in [6.07, 6.45) is 2.75. The summed E-state index contributed by atoms with van der Waals surface area (Å²) in [7, 11) is 0. The molecule has 0 spiro atoms. The highest BCUT2D eigenvalue weighted by Crippen LogP contribution is 2.48. The number of rotatable bonds is 5. The van der Waals surface area contributed by atoms with Gasteiger partial charge < -0.3 is 5.32 Å². The first-order valence-electron chi connectivity index (χ1n) is 8.12. The third-order valence-corrected chi connectivity index (χ3v) is 5.37. The van der Waals surface area contributed by atoms with Gasteiger partial charge in [0.05, 0.1) is 5.41 Å². The first kappa shape index (κ1) is 16.3. The topological polar surface area (TPSA) is 29.1 Å². The van der Waals surface area contributed by atoms with Crippen LogP contribution in [0.2, 0.25) is 0 Å². The quantitative estimate of drug-likeness (QED) is 0.825. The van der Waals surface area contributed by atoms with Crippen molar-refractivity contribution in [1.82, 2.24) is 5.32 Å². The van der Waals surface area contributed by atoms with E-state index in [9.17, 15) is 4.79 Å². The SMILES string of the molecule is Cc1cc(C)cc(C2(C(=O)NCCc3ccccc3Br)CC2)c1. The molecule has 2 aromatic carbocycles. The normalized spacial score (nSPS) is 15.3. The zero-order chi connectivity index (χ0) is 16.4. The van der Waals surface area contributed by atoms with Gasteiger partial charge in [0, 0.05) is 11.0 Å². The summed E-state index contributed by atoms with van der Waals surface area (Å²) in [6, 6.07) is 14.6. The lowest BCUT2D eigenvalue weighted by atomic mass is 9.92.